The molecule has 0 aliphatic carbocycles. The van der Waals surface area contributed by atoms with E-state index in [1.165, 1.54) is 0 Å². The third-order valence-corrected chi connectivity index (χ3v) is 3.64. The second kappa shape index (κ2) is 7.56. The van der Waals surface area contributed by atoms with Crippen molar-refractivity contribution in [1.82, 2.24) is 10.2 Å². The van der Waals surface area contributed by atoms with Crippen molar-refractivity contribution in [2.75, 3.05) is 39.4 Å². The minimum Gasteiger partial charge on any atom is -0.479 e. The number of morpholine rings is 1. The molecule has 2 heterocycles. The maximum atomic E-state index is 11.8. The molecule has 2 fully saturated rings. The number of nitrogens with zero attached hydrogens (tertiary/aromatic N) is 1. The molecule has 0 aromatic heterocycles. The fraction of sp³-hybridized carbons (Fsp3) is 0.846. The number of hydrogen-bond acceptors (Lipinski definition) is 5. The molecule has 2 rings (SSSR count). The Morgan fingerprint density at radius 3 is 2.55 bits per heavy atom. The number of nitrogens with one attached hydrogen (secondary N) is 1. The van der Waals surface area contributed by atoms with Gasteiger partial charge in [-0.1, -0.05) is 0 Å². The number of ether oxygens (including phenoxy) is 2. The lowest BCUT2D eigenvalue weighted by Gasteiger charge is -2.26. The Balaban J connectivity index is 1.57. The molecule has 7 nitrogen and oxygen atoms in total. The Bertz CT molecular complexity index is 344. The predicted molar refractivity (Wildman–Crippen MR) is 70.4 cm³/mol. The summed E-state index contributed by atoms with van der Waals surface area (Å²) in [7, 11) is 0. The molecular formula is C13H22N2O5. The summed E-state index contributed by atoms with van der Waals surface area (Å²) in [5, 5.41) is 11.6. The average Bonchev–Trinajstić information content (AvgIpc) is 2.94. The van der Waals surface area contributed by atoms with Gasteiger partial charge in [0.15, 0.2) is 6.10 Å². The monoisotopic (exact) mass is 286 g/mol. The zero-order chi connectivity index (χ0) is 14.4. The second-order valence-corrected chi connectivity index (χ2v) is 5.13. The molecule has 0 aromatic rings. The number of amides is 1. The van der Waals surface area contributed by atoms with Crippen LogP contribution in [-0.2, 0) is 19.1 Å². The highest BCUT2D eigenvalue weighted by molar-refractivity contribution is 5.82. The largest absolute Gasteiger partial charge is 0.479 e. The zero-order valence-electron chi connectivity index (χ0n) is 11.5. The molecule has 2 N–H and O–H groups in total. The lowest BCUT2D eigenvalue weighted by atomic mass is 10.2. The maximum absolute atomic E-state index is 11.8. The van der Waals surface area contributed by atoms with Gasteiger partial charge in [-0.05, 0) is 25.8 Å². The van der Waals surface area contributed by atoms with Gasteiger partial charge in [-0.2, -0.15) is 0 Å². The molecule has 0 radical (unpaired) electrons. The van der Waals surface area contributed by atoms with Crippen molar-refractivity contribution in [2.45, 2.75) is 31.5 Å². The van der Waals surface area contributed by atoms with Gasteiger partial charge in [0.2, 0.25) is 5.91 Å². The highest BCUT2D eigenvalue weighted by atomic mass is 16.5. The van der Waals surface area contributed by atoms with Crippen LogP contribution in [0.1, 0.15) is 19.3 Å². The van der Waals surface area contributed by atoms with E-state index in [9.17, 15) is 9.59 Å². The normalized spacial score (nSPS) is 27.4. The first kappa shape index (κ1) is 15.2. The highest BCUT2D eigenvalue weighted by Gasteiger charge is 2.34. The van der Waals surface area contributed by atoms with Gasteiger partial charge in [0.1, 0.15) is 6.10 Å². The topological polar surface area (TPSA) is 88.1 Å². The van der Waals surface area contributed by atoms with E-state index in [0.717, 1.165) is 39.3 Å². The third kappa shape index (κ3) is 4.43. The van der Waals surface area contributed by atoms with Crippen LogP contribution in [-0.4, -0.2) is 73.5 Å². The number of carboxylic acids is 1. The van der Waals surface area contributed by atoms with Crippen LogP contribution in [0.2, 0.25) is 0 Å². The molecule has 0 aromatic carbocycles. The van der Waals surface area contributed by atoms with E-state index in [4.69, 9.17) is 14.6 Å². The molecule has 114 valence electrons. The van der Waals surface area contributed by atoms with Crippen LogP contribution in [0.15, 0.2) is 0 Å². The lowest BCUT2D eigenvalue weighted by molar-refractivity contribution is -0.151. The summed E-state index contributed by atoms with van der Waals surface area (Å²) in [6.45, 7) is 4.97. The smallest absolute Gasteiger partial charge is 0.332 e. The van der Waals surface area contributed by atoms with E-state index < -0.39 is 18.2 Å². The Hall–Kier alpha value is -1.18. The summed E-state index contributed by atoms with van der Waals surface area (Å²) in [4.78, 5) is 24.8. The van der Waals surface area contributed by atoms with E-state index in [0.29, 0.717) is 19.4 Å². The van der Waals surface area contributed by atoms with Gasteiger partial charge < -0.3 is 19.9 Å². The van der Waals surface area contributed by atoms with Crippen molar-refractivity contribution in [2.24, 2.45) is 0 Å². The number of carboxylic acid groups (broad SMARTS) is 1. The summed E-state index contributed by atoms with van der Waals surface area (Å²) in [6, 6.07) is 0. The van der Waals surface area contributed by atoms with Crippen LogP contribution in [0, 0.1) is 0 Å². The van der Waals surface area contributed by atoms with Gasteiger partial charge in [-0.3, -0.25) is 9.69 Å². The Morgan fingerprint density at radius 1 is 1.20 bits per heavy atom. The Morgan fingerprint density at radius 2 is 1.90 bits per heavy atom. The molecule has 0 saturated carbocycles. The average molecular weight is 286 g/mol. The zero-order valence-corrected chi connectivity index (χ0v) is 11.5. The minimum atomic E-state index is -0.993. The number of hydrogen-bond donors (Lipinski definition) is 2. The van der Waals surface area contributed by atoms with Crippen molar-refractivity contribution in [3.8, 4) is 0 Å². The molecule has 2 atom stereocenters. The molecule has 0 unspecified atom stereocenters. The van der Waals surface area contributed by atoms with Crippen LogP contribution in [0.25, 0.3) is 0 Å². The van der Waals surface area contributed by atoms with Gasteiger partial charge in [-0.25, -0.2) is 4.79 Å². The van der Waals surface area contributed by atoms with E-state index >= 15 is 0 Å². The predicted octanol–water partition coefficient (Wildman–Crippen LogP) is -0.543. The Kier molecular flexibility index (Phi) is 5.75. The maximum Gasteiger partial charge on any atom is 0.332 e. The molecule has 7 heteroatoms. The van der Waals surface area contributed by atoms with Crippen LogP contribution >= 0.6 is 0 Å². The summed E-state index contributed by atoms with van der Waals surface area (Å²) in [6.07, 6.45) is 0.312. The fourth-order valence-electron chi connectivity index (χ4n) is 2.46. The molecule has 1 amide bonds. The summed E-state index contributed by atoms with van der Waals surface area (Å²) < 4.78 is 10.5. The van der Waals surface area contributed by atoms with Gasteiger partial charge in [-0.15, -0.1) is 0 Å². The molecule has 0 spiro atoms. The quantitative estimate of drug-likeness (QED) is 0.637. The van der Waals surface area contributed by atoms with Crippen LogP contribution < -0.4 is 5.32 Å². The number of aliphatic carboxylic acids is 1. The SMILES string of the molecule is O=C(NCCCN1CCOCC1)[C@@H]1CC[C@H](C(=O)O)O1. The van der Waals surface area contributed by atoms with Crippen molar-refractivity contribution >= 4 is 11.9 Å². The van der Waals surface area contributed by atoms with Crippen molar-refractivity contribution in [3.63, 3.8) is 0 Å². The third-order valence-electron chi connectivity index (χ3n) is 3.64. The summed E-state index contributed by atoms with van der Waals surface area (Å²) in [5.74, 6) is -1.19. The van der Waals surface area contributed by atoms with Crippen LogP contribution in [0.3, 0.4) is 0 Å². The fourth-order valence-corrected chi connectivity index (χ4v) is 2.46. The van der Waals surface area contributed by atoms with E-state index in [1.54, 1.807) is 0 Å². The van der Waals surface area contributed by atoms with E-state index in [2.05, 4.69) is 10.2 Å². The minimum absolute atomic E-state index is 0.198. The molecule has 2 aliphatic heterocycles. The standard InChI is InChI=1S/C13H22N2O5/c16-12(10-2-3-11(20-10)13(17)18)14-4-1-5-15-6-8-19-9-7-15/h10-11H,1-9H2,(H,14,16)(H,17,18)/t10-,11+/m0/s1. The highest BCUT2D eigenvalue weighted by Crippen LogP contribution is 2.19. The van der Waals surface area contributed by atoms with Crippen molar-refractivity contribution in [3.05, 3.63) is 0 Å². The van der Waals surface area contributed by atoms with Gasteiger partial charge in [0.05, 0.1) is 13.2 Å². The summed E-state index contributed by atoms with van der Waals surface area (Å²) >= 11 is 0. The molecule has 2 aliphatic rings. The van der Waals surface area contributed by atoms with Crippen LogP contribution in [0.5, 0.6) is 0 Å². The molecule has 2 saturated heterocycles. The number of carbonyl (C=O) groups excluding carboxylic acids is 1. The van der Waals surface area contributed by atoms with E-state index in [1.807, 2.05) is 0 Å². The first-order chi connectivity index (χ1) is 9.66. The Labute approximate surface area is 118 Å². The van der Waals surface area contributed by atoms with Crippen LogP contribution in [0.4, 0.5) is 0 Å². The molecule has 0 bridgehead atoms. The van der Waals surface area contributed by atoms with Gasteiger partial charge in [0.25, 0.3) is 0 Å². The first-order valence-corrected chi connectivity index (χ1v) is 7.13. The van der Waals surface area contributed by atoms with Crippen molar-refractivity contribution < 1.29 is 24.2 Å². The van der Waals surface area contributed by atoms with E-state index in [-0.39, 0.29) is 5.91 Å². The van der Waals surface area contributed by atoms with Gasteiger partial charge >= 0.3 is 5.97 Å². The molecular weight excluding hydrogens is 264 g/mol. The second-order valence-electron chi connectivity index (χ2n) is 5.13. The van der Waals surface area contributed by atoms with Crippen molar-refractivity contribution in [1.29, 1.82) is 0 Å². The lowest BCUT2D eigenvalue weighted by Crippen LogP contribution is -2.39. The number of rotatable bonds is 6. The summed E-state index contributed by atoms with van der Waals surface area (Å²) in [5.41, 5.74) is 0. The molecule has 20 heavy (non-hydrogen) atoms. The van der Waals surface area contributed by atoms with Gasteiger partial charge in [0, 0.05) is 19.6 Å². The first-order valence-electron chi connectivity index (χ1n) is 7.13. The number of carbonyl (C=O) groups is 2.